The molecule has 2 nitrogen and oxygen atoms in total. The molecule has 0 rings (SSSR count). The van der Waals surface area contributed by atoms with Crippen molar-refractivity contribution in [3.63, 3.8) is 0 Å². The van der Waals surface area contributed by atoms with Crippen LogP contribution < -0.4 is 0 Å². The SMILES string of the molecule is C=C(/C=C(\C)C(=O)OC)C(F)(F)F. The molecule has 5 heteroatoms. The number of hydrogen-bond acceptors (Lipinski definition) is 2. The largest absolute Gasteiger partial charge is 0.466 e. The van der Waals surface area contributed by atoms with Crippen molar-refractivity contribution in [1.29, 1.82) is 0 Å². The number of carbonyl (C=O) groups excluding carboxylic acids is 1. The topological polar surface area (TPSA) is 26.3 Å². The van der Waals surface area contributed by atoms with Gasteiger partial charge in [-0.1, -0.05) is 6.58 Å². The van der Waals surface area contributed by atoms with Crippen LogP contribution in [0.3, 0.4) is 0 Å². The molecule has 0 radical (unpaired) electrons. The lowest BCUT2D eigenvalue weighted by atomic mass is 10.2. The van der Waals surface area contributed by atoms with E-state index in [0.29, 0.717) is 6.08 Å². The predicted octanol–water partition coefficient (Wildman–Crippen LogP) is 2.22. The van der Waals surface area contributed by atoms with Gasteiger partial charge in [0.05, 0.1) is 7.11 Å². The first-order valence-corrected chi connectivity index (χ1v) is 3.31. The van der Waals surface area contributed by atoms with E-state index in [4.69, 9.17) is 0 Å². The summed E-state index contributed by atoms with van der Waals surface area (Å²) in [5.74, 6) is -0.801. The molecule has 13 heavy (non-hydrogen) atoms. The van der Waals surface area contributed by atoms with E-state index in [0.717, 1.165) is 7.11 Å². The molecule has 0 bridgehead atoms. The third-order valence-electron chi connectivity index (χ3n) is 1.26. The van der Waals surface area contributed by atoms with Crippen molar-refractivity contribution in [1.82, 2.24) is 0 Å². The summed E-state index contributed by atoms with van der Waals surface area (Å²) in [5.41, 5.74) is -1.21. The second-order valence-corrected chi connectivity index (χ2v) is 2.34. The lowest BCUT2D eigenvalue weighted by molar-refractivity contribution is -0.136. The van der Waals surface area contributed by atoms with Crippen LogP contribution in [0.2, 0.25) is 0 Å². The summed E-state index contributed by atoms with van der Waals surface area (Å²) in [6.07, 6.45) is -3.86. The molecule has 74 valence electrons. The summed E-state index contributed by atoms with van der Waals surface area (Å²) >= 11 is 0. The Bertz CT molecular complexity index is 251. The molecule has 0 heterocycles. The highest BCUT2D eigenvalue weighted by Gasteiger charge is 2.30. The lowest BCUT2D eigenvalue weighted by Gasteiger charge is -2.06. The average Bonchev–Trinajstić information content (AvgIpc) is 2.01. The fraction of sp³-hybridized carbons (Fsp3) is 0.375. The van der Waals surface area contributed by atoms with Crippen LogP contribution in [0, 0.1) is 0 Å². The van der Waals surface area contributed by atoms with Crippen LogP contribution in [0.4, 0.5) is 13.2 Å². The van der Waals surface area contributed by atoms with Gasteiger partial charge in [0.1, 0.15) is 0 Å². The Morgan fingerprint density at radius 1 is 1.46 bits per heavy atom. The number of allylic oxidation sites excluding steroid dienone is 2. The number of ether oxygens (including phenoxy) is 1. The fourth-order valence-electron chi connectivity index (χ4n) is 0.563. The number of halogens is 3. The van der Waals surface area contributed by atoms with Gasteiger partial charge >= 0.3 is 12.1 Å². The highest BCUT2D eigenvalue weighted by molar-refractivity contribution is 5.88. The Balaban J connectivity index is 4.59. The number of esters is 1. The van der Waals surface area contributed by atoms with Crippen molar-refractivity contribution in [3.05, 3.63) is 23.8 Å². The molecule has 0 N–H and O–H groups in total. The van der Waals surface area contributed by atoms with E-state index < -0.39 is 17.7 Å². The predicted molar refractivity (Wildman–Crippen MR) is 41.0 cm³/mol. The summed E-state index contributed by atoms with van der Waals surface area (Å²) in [5, 5.41) is 0. The standard InChI is InChI=1S/C8H9F3O2/c1-5(7(12)13-3)4-6(2)8(9,10)11/h4H,2H2,1,3H3/b5-4+. The summed E-state index contributed by atoms with van der Waals surface area (Å²) in [6, 6.07) is 0. The molecule has 0 aromatic rings. The molecular weight excluding hydrogens is 185 g/mol. The van der Waals surface area contributed by atoms with Crippen molar-refractivity contribution >= 4 is 5.97 Å². The number of methoxy groups -OCH3 is 1. The van der Waals surface area contributed by atoms with Crippen molar-refractivity contribution in [2.45, 2.75) is 13.1 Å². The van der Waals surface area contributed by atoms with Crippen molar-refractivity contribution in [2.75, 3.05) is 7.11 Å². The van der Waals surface area contributed by atoms with Gasteiger partial charge in [-0.05, 0) is 13.0 Å². The molecule has 0 aliphatic rings. The molecule has 0 aliphatic heterocycles. The maximum Gasteiger partial charge on any atom is 0.415 e. The molecule has 0 aliphatic carbocycles. The van der Waals surface area contributed by atoms with Crippen LogP contribution in [0.15, 0.2) is 23.8 Å². The van der Waals surface area contributed by atoms with Crippen LogP contribution in [-0.2, 0) is 9.53 Å². The molecule has 0 atom stereocenters. The third-order valence-corrected chi connectivity index (χ3v) is 1.26. The minimum Gasteiger partial charge on any atom is -0.466 e. The molecule has 0 fully saturated rings. The zero-order valence-electron chi connectivity index (χ0n) is 7.23. The van der Waals surface area contributed by atoms with Gasteiger partial charge in [0.2, 0.25) is 0 Å². The van der Waals surface area contributed by atoms with Gasteiger partial charge < -0.3 is 4.74 Å². The van der Waals surface area contributed by atoms with E-state index in [9.17, 15) is 18.0 Å². The minimum atomic E-state index is -4.50. The Kier molecular flexibility index (Phi) is 3.71. The van der Waals surface area contributed by atoms with Crippen molar-refractivity contribution in [2.24, 2.45) is 0 Å². The second-order valence-electron chi connectivity index (χ2n) is 2.34. The second kappa shape index (κ2) is 4.11. The molecular formula is C8H9F3O2. The summed E-state index contributed by atoms with van der Waals surface area (Å²) in [7, 11) is 1.09. The zero-order valence-corrected chi connectivity index (χ0v) is 7.23. The van der Waals surface area contributed by atoms with Crippen LogP contribution in [-0.4, -0.2) is 19.3 Å². The van der Waals surface area contributed by atoms with Gasteiger partial charge in [-0.3, -0.25) is 0 Å². The van der Waals surface area contributed by atoms with E-state index in [-0.39, 0.29) is 5.57 Å². The Hall–Kier alpha value is -1.26. The van der Waals surface area contributed by atoms with E-state index in [1.54, 1.807) is 0 Å². The minimum absolute atomic E-state index is 0.134. The van der Waals surface area contributed by atoms with Crippen LogP contribution in [0.1, 0.15) is 6.92 Å². The van der Waals surface area contributed by atoms with E-state index in [1.807, 2.05) is 0 Å². The lowest BCUT2D eigenvalue weighted by Crippen LogP contribution is -2.10. The molecule has 0 amide bonds. The van der Waals surface area contributed by atoms with Gasteiger partial charge in [0, 0.05) is 11.1 Å². The fourth-order valence-corrected chi connectivity index (χ4v) is 0.563. The molecule has 0 aromatic carbocycles. The highest BCUT2D eigenvalue weighted by Crippen LogP contribution is 2.25. The summed E-state index contributed by atoms with van der Waals surface area (Å²) < 4.78 is 39.9. The zero-order chi connectivity index (χ0) is 10.6. The molecule has 0 unspecified atom stereocenters. The van der Waals surface area contributed by atoms with Gasteiger partial charge in [0.25, 0.3) is 0 Å². The third kappa shape index (κ3) is 3.78. The van der Waals surface area contributed by atoms with E-state index >= 15 is 0 Å². The van der Waals surface area contributed by atoms with E-state index in [2.05, 4.69) is 11.3 Å². The monoisotopic (exact) mass is 194 g/mol. The Morgan fingerprint density at radius 2 is 1.92 bits per heavy atom. The first kappa shape index (κ1) is 11.7. The average molecular weight is 194 g/mol. The van der Waals surface area contributed by atoms with Gasteiger partial charge in [-0.15, -0.1) is 0 Å². The Labute approximate surface area is 73.7 Å². The van der Waals surface area contributed by atoms with Crippen LogP contribution in [0.5, 0.6) is 0 Å². The van der Waals surface area contributed by atoms with E-state index in [1.165, 1.54) is 6.92 Å². The number of alkyl halides is 3. The van der Waals surface area contributed by atoms with Gasteiger partial charge in [0.15, 0.2) is 0 Å². The number of rotatable bonds is 2. The van der Waals surface area contributed by atoms with Crippen LogP contribution >= 0.6 is 0 Å². The highest BCUT2D eigenvalue weighted by atomic mass is 19.4. The maximum atomic E-state index is 11.9. The molecule has 0 spiro atoms. The maximum absolute atomic E-state index is 11.9. The first-order chi connectivity index (χ1) is 5.79. The summed E-state index contributed by atoms with van der Waals surface area (Å²) in [6.45, 7) is 4.00. The quantitative estimate of drug-likeness (QED) is 0.382. The number of hydrogen-bond donors (Lipinski definition) is 0. The summed E-state index contributed by atoms with van der Waals surface area (Å²) in [4.78, 5) is 10.7. The van der Waals surface area contributed by atoms with Crippen molar-refractivity contribution < 1.29 is 22.7 Å². The smallest absolute Gasteiger partial charge is 0.415 e. The van der Waals surface area contributed by atoms with Gasteiger partial charge in [-0.2, -0.15) is 13.2 Å². The first-order valence-electron chi connectivity index (χ1n) is 3.31. The molecule has 0 saturated heterocycles. The van der Waals surface area contributed by atoms with Gasteiger partial charge in [-0.25, -0.2) is 4.79 Å². The number of carbonyl (C=O) groups is 1. The molecule has 0 aromatic heterocycles. The normalized spacial score (nSPS) is 12.5. The Morgan fingerprint density at radius 3 is 2.23 bits per heavy atom. The van der Waals surface area contributed by atoms with Crippen molar-refractivity contribution in [3.8, 4) is 0 Å². The molecule has 0 saturated carbocycles. The van der Waals surface area contributed by atoms with Crippen LogP contribution in [0.25, 0.3) is 0 Å².